The maximum absolute atomic E-state index is 9.99. The first-order chi connectivity index (χ1) is 17.0. The first-order valence-corrected chi connectivity index (χ1v) is 11.7. The van der Waals surface area contributed by atoms with Gasteiger partial charge in [-0.25, -0.2) is 15.0 Å². The Balaban J connectivity index is 1.47. The van der Waals surface area contributed by atoms with E-state index in [0.717, 1.165) is 35.2 Å². The van der Waals surface area contributed by atoms with E-state index in [1.54, 1.807) is 13.3 Å². The molecule has 1 aliphatic heterocycles. The highest BCUT2D eigenvalue weighted by Crippen LogP contribution is 2.43. The zero-order valence-electron chi connectivity index (χ0n) is 19.8. The van der Waals surface area contributed by atoms with E-state index in [2.05, 4.69) is 26.7 Å². The first kappa shape index (κ1) is 23.0. The molecule has 0 saturated heterocycles. The standard InChI is InChI=1S/C26H28N6O3/c1-26(15-33)14-30-23-18(12-27)9-17(10-20(23)26)21-5-6-28-25(31-21)32-22-11-19(16-3-4-16)13-29-24(22)35-8-7-34-2/h5-6,9-11,13,16,30,33H,3-4,7-8,14-15H2,1-2H3,(H,28,31,32)/t26-/m1/s1. The maximum atomic E-state index is 9.99. The van der Waals surface area contributed by atoms with Crippen LogP contribution in [0.4, 0.5) is 17.3 Å². The smallest absolute Gasteiger partial charge is 0.237 e. The van der Waals surface area contributed by atoms with Gasteiger partial charge in [-0.2, -0.15) is 5.26 Å². The van der Waals surface area contributed by atoms with Gasteiger partial charge in [0, 0.05) is 37.0 Å². The highest BCUT2D eigenvalue weighted by atomic mass is 16.5. The monoisotopic (exact) mass is 472 g/mol. The molecule has 9 nitrogen and oxygen atoms in total. The number of hydrogen-bond donors (Lipinski definition) is 3. The Morgan fingerprint density at radius 2 is 2.11 bits per heavy atom. The number of nitrogens with one attached hydrogen (secondary N) is 2. The number of pyridine rings is 1. The molecule has 35 heavy (non-hydrogen) atoms. The second-order valence-corrected chi connectivity index (χ2v) is 9.26. The van der Waals surface area contributed by atoms with Crippen LogP contribution in [0.5, 0.6) is 5.88 Å². The van der Waals surface area contributed by atoms with E-state index in [9.17, 15) is 10.4 Å². The van der Waals surface area contributed by atoms with Crippen LogP contribution in [-0.2, 0) is 10.2 Å². The number of aliphatic hydroxyl groups is 1. The number of nitriles is 1. The van der Waals surface area contributed by atoms with Crippen molar-refractivity contribution >= 4 is 17.3 Å². The van der Waals surface area contributed by atoms with Crippen LogP contribution >= 0.6 is 0 Å². The van der Waals surface area contributed by atoms with Gasteiger partial charge in [-0.3, -0.25) is 0 Å². The van der Waals surface area contributed by atoms with Crippen molar-refractivity contribution in [3.8, 4) is 23.2 Å². The van der Waals surface area contributed by atoms with Gasteiger partial charge in [0.1, 0.15) is 18.4 Å². The van der Waals surface area contributed by atoms with Crippen molar-refractivity contribution in [2.24, 2.45) is 0 Å². The third-order valence-electron chi connectivity index (χ3n) is 6.56. The summed E-state index contributed by atoms with van der Waals surface area (Å²) < 4.78 is 10.9. The van der Waals surface area contributed by atoms with Crippen molar-refractivity contribution in [2.75, 3.05) is 44.1 Å². The molecule has 0 radical (unpaired) electrons. The van der Waals surface area contributed by atoms with Crippen LogP contribution in [0, 0.1) is 11.3 Å². The summed E-state index contributed by atoms with van der Waals surface area (Å²) >= 11 is 0. The van der Waals surface area contributed by atoms with E-state index in [-0.39, 0.29) is 6.61 Å². The Morgan fingerprint density at radius 3 is 2.86 bits per heavy atom. The summed E-state index contributed by atoms with van der Waals surface area (Å²) in [7, 11) is 1.63. The zero-order chi connectivity index (χ0) is 24.4. The molecule has 1 saturated carbocycles. The van der Waals surface area contributed by atoms with Gasteiger partial charge in [0.25, 0.3) is 0 Å². The van der Waals surface area contributed by atoms with Crippen molar-refractivity contribution in [1.82, 2.24) is 15.0 Å². The van der Waals surface area contributed by atoms with Crippen LogP contribution in [0.3, 0.4) is 0 Å². The molecule has 180 valence electrons. The van der Waals surface area contributed by atoms with Crippen LogP contribution in [0.2, 0.25) is 0 Å². The summed E-state index contributed by atoms with van der Waals surface area (Å²) in [4.78, 5) is 13.6. The predicted molar refractivity (Wildman–Crippen MR) is 132 cm³/mol. The van der Waals surface area contributed by atoms with Gasteiger partial charge >= 0.3 is 0 Å². The van der Waals surface area contributed by atoms with E-state index >= 15 is 0 Å². The van der Waals surface area contributed by atoms with Gasteiger partial charge in [0.15, 0.2) is 0 Å². The number of rotatable bonds is 9. The maximum Gasteiger partial charge on any atom is 0.237 e. The van der Waals surface area contributed by atoms with Crippen LogP contribution in [0.1, 0.15) is 42.4 Å². The Morgan fingerprint density at radius 1 is 1.26 bits per heavy atom. The molecule has 1 fully saturated rings. The topological polar surface area (TPSA) is 125 Å². The van der Waals surface area contributed by atoms with E-state index in [1.807, 2.05) is 37.4 Å². The SMILES string of the molecule is COCCOc1ncc(C2CC2)cc1Nc1nccc(-c2cc(C#N)c3c(c2)[C@@](C)(CO)CN3)n1. The molecule has 0 unspecified atom stereocenters. The zero-order valence-corrected chi connectivity index (χ0v) is 19.8. The van der Waals surface area contributed by atoms with Crippen molar-refractivity contribution in [3.63, 3.8) is 0 Å². The lowest BCUT2D eigenvalue weighted by Gasteiger charge is -2.21. The van der Waals surface area contributed by atoms with Gasteiger partial charge in [-0.05, 0) is 54.2 Å². The van der Waals surface area contributed by atoms with Gasteiger partial charge < -0.3 is 25.2 Å². The molecule has 0 spiro atoms. The van der Waals surface area contributed by atoms with Crippen LogP contribution in [0.25, 0.3) is 11.3 Å². The van der Waals surface area contributed by atoms with Crippen molar-refractivity contribution in [3.05, 3.63) is 53.3 Å². The number of fused-ring (bicyclic) bond motifs is 1. The number of nitrogens with zero attached hydrogens (tertiary/aromatic N) is 4. The highest BCUT2D eigenvalue weighted by molar-refractivity contribution is 5.76. The highest BCUT2D eigenvalue weighted by Gasteiger charge is 2.36. The van der Waals surface area contributed by atoms with Crippen LogP contribution in [-0.4, -0.2) is 53.5 Å². The Hall–Kier alpha value is -3.74. The number of benzene rings is 1. The largest absolute Gasteiger partial charge is 0.474 e. The lowest BCUT2D eigenvalue weighted by molar-refractivity contribution is 0.144. The molecule has 3 heterocycles. The van der Waals surface area contributed by atoms with Gasteiger partial charge in [-0.15, -0.1) is 0 Å². The second-order valence-electron chi connectivity index (χ2n) is 9.26. The fraction of sp³-hybridized carbons (Fsp3) is 0.385. The summed E-state index contributed by atoms with van der Waals surface area (Å²) in [5, 5.41) is 26.3. The summed E-state index contributed by atoms with van der Waals surface area (Å²) in [5.41, 5.74) is 5.07. The molecule has 1 aromatic carbocycles. The third-order valence-corrected chi connectivity index (χ3v) is 6.56. The molecular formula is C26H28N6O3. The Kier molecular flexibility index (Phi) is 6.24. The van der Waals surface area contributed by atoms with E-state index < -0.39 is 5.41 Å². The lowest BCUT2D eigenvalue weighted by atomic mass is 9.83. The Labute approximate surface area is 204 Å². The number of aromatic nitrogens is 3. The van der Waals surface area contributed by atoms with Crippen molar-refractivity contribution in [2.45, 2.75) is 31.1 Å². The molecule has 1 atom stereocenters. The minimum absolute atomic E-state index is 0.0198. The molecule has 0 amide bonds. The molecule has 2 aliphatic rings. The average Bonchev–Trinajstić information content (AvgIpc) is 3.68. The Bertz CT molecular complexity index is 1290. The average molecular weight is 473 g/mol. The fourth-order valence-electron chi connectivity index (χ4n) is 4.30. The molecule has 1 aliphatic carbocycles. The number of methoxy groups -OCH3 is 1. The minimum atomic E-state index is -0.464. The summed E-state index contributed by atoms with van der Waals surface area (Å²) in [6.45, 7) is 3.37. The number of anilines is 3. The lowest BCUT2D eigenvalue weighted by Crippen LogP contribution is -2.28. The molecule has 5 rings (SSSR count). The van der Waals surface area contributed by atoms with E-state index in [1.165, 1.54) is 0 Å². The van der Waals surface area contributed by atoms with Gasteiger partial charge in [0.05, 0.1) is 30.2 Å². The fourth-order valence-corrected chi connectivity index (χ4v) is 4.30. The molecule has 3 aromatic rings. The van der Waals surface area contributed by atoms with Crippen LogP contribution < -0.4 is 15.4 Å². The first-order valence-electron chi connectivity index (χ1n) is 11.7. The summed E-state index contributed by atoms with van der Waals surface area (Å²) in [5.74, 6) is 1.40. The van der Waals surface area contributed by atoms with E-state index in [4.69, 9.17) is 14.5 Å². The van der Waals surface area contributed by atoms with Crippen molar-refractivity contribution in [1.29, 1.82) is 5.26 Å². The normalized spacial score (nSPS) is 18.5. The number of aliphatic hydroxyl groups excluding tert-OH is 1. The second kappa shape index (κ2) is 9.49. The summed E-state index contributed by atoms with van der Waals surface area (Å²) in [6, 6.07) is 9.93. The predicted octanol–water partition coefficient (Wildman–Crippen LogP) is 3.73. The third kappa shape index (κ3) is 4.63. The van der Waals surface area contributed by atoms with E-state index in [0.29, 0.717) is 54.4 Å². The van der Waals surface area contributed by atoms with Crippen LogP contribution in [0.15, 0.2) is 36.7 Å². The minimum Gasteiger partial charge on any atom is -0.474 e. The number of ether oxygens (including phenoxy) is 2. The van der Waals surface area contributed by atoms with Gasteiger partial charge in [0.2, 0.25) is 11.8 Å². The quantitative estimate of drug-likeness (QED) is 0.399. The molecular weight excluding hydrogens is 444 g/mol. The molecule has 2 aromatic heterocycles. The molecule has 9 heteroatoms. The van der Waals surface area contributed by atoms with Gasteiger partial charge in [-0.1, -0.05) is 6.92 Å². The van der Waals surface area contributed by atoms with Crippen molar-refractivity contribution < 1.29 is 14.6 Å². The molecule has 0 bridgehead atoms. The molecule has 3 N–H and O–H groups in total. The number of hydrogen-bond acceptors (Lipinski definition) is 9. The summed E-state index contributed by atoms with van der Waals surface area (Å²) in [6.07, 6.45) is 5.87.